The molecule has 0 aliphatic heterocycles. The van der Waals surface area contributed by atoms with Crippen LogP contribution in [0.5, 0.6) is 5.75 Å². The summed E-state index contributed by atoms with van der Waals surface area (Å²) in [7, 11) is 0. The molecule has 0 spiro atoms. The van der Waals surface area contributed by atoms with E-state index < -0.39 is 5.56 Å². The molecule has 0 fully saturated rings. The van der Waals surface area contributed by atoms with Gasteiger partial charge in [-0.2, -0.15) is 0 Å². The van der Waals surface area contributed by atoms with Crippen LogP contribution in [0.25, 0.3) is 11.1 Å². The Labute approximate surface area is 106 Å². The average molecular weight is 248 g/mol. The van der Waals surface area contributed by atoms with E-state index in [0.29, 0.717) is 0 Å². The number of hydrogen-bond donors (Lipinski definition) is 1. The van der Waals surface area contributed by atoms with Crippen molar-refractivity contribution >= 4 is 11.6 Å². The molecule has 0 saturated heterocycles. The van der Waals surface area contributed by atoms with Gasteiger partial charge in [0.1, 0.15) is 5.75 Å². The highest BCUT2D eigenvalue weighted by Gasteiger charge is 2.09. The topological polar surface area (TPSA) is 35.2 Å². The summed E-state index contributed by atoms with van der Waals surface area (Å²) in [5.41, 5.74) is 7.07. The molecule has 0 bridgehead atoms. The summed E-state index contributed by atoms with van der Waals surface area (Å²) in [6.45, 7) is 0.282. The van der Waals surface area contributed by atoms with Crippen molar-refractivity contribution in [2.24, 2.45) is 5.73 Å². The Morgan fingerprint density at radius 3 is 2.35 bits per heavy atom. The van der Waals surface area contributed by atoms with Crippen molar-refractivity contribution in [2.45, 2.75) is 5.56 Å². The van der Waals surface area contributed by atoms with Crippen molar-refractivity contribution < 1.29 is 4.74 Å². The van der Waals surface area contributed by atoms with Crippen molar-refractivity contribution in [2.75, 3.05) is 6.54 Å². The summed E-state index contributed by atoms with van der Waals surface area (Å²) in [5.74, 6) is 0.754. The zero-order valence-electron chi connectivity index (χ0n) is 9.34. The number of benzene rings is 2. The molecule has 0 aliphatic carbocycles. The van der Waals surface area contributed by atoms with E-state index in [9.17, 15) is 0 Å². The van der Waals surface area contributed by atoms with Crippen LogP contribution in [0.2, 0.25) is 0 Å². The Hall–Kier alpha value is -1.51. The maximum absolute atomic E-state index is 5.91. The molecular formula is C14H14ClNO. The number of rotatable bonds is 4. The Morgan fingerprint density at radius 1 is 1.00 bits per heavy atom. The van der Waals surface area contributed by atoms with Crippen LogP contribution >= 0.6 is 11.6 Å². The molecule has 0 amide bonds. The summed E-state index contributed by atoms with van der Waals surface area (Å²) in [6, 6.07) is 17.8. The molecule has 2 N–H and O–H groups in total. The molecule has 0 aliphatic rings. The average Bonchev–Trinajstić information content (AvgIpc) is 2.40. The lowest BCUT2D eigenvalue weighted by atomic mass is 10.1. The fourth-order valence-corrected chi connectivity index (χ4v) is 1.71. The first-order valence-corrected chi connectivity index (χ1v) is 5.90. The second-order valence-corrected chi connectivity index (χ2v) is 4.11. The summed E-state index contributed by atoms with van der Waals surface area (Å²) in [6.07, 6.45) is 0. The molecule has 2 nitrogen and oxygen atoms in total. The number of hydrogen-bond acceptors (Lipinski definition) is 2. The van der Waals surface area contributed by atoms with Gasteiger partial charge in [0.25, 0.3) is 0 Å². The van der Waals surface area contributed by atoms with Crippen molar-refractivity contribution in [3.63, 3.8) is 0 Å². The Balaban J connectivity index is 2.34. The summed E-state index contributed by atoms with van der Waals surface area (Å²) < 4.78 is 5.59. The van der Waals surface area contributed by atoms with E-state index in [0.717, 1.165) is 16.9 Å². The first-order chi connectivity index (χ1) is 8.31. The molecule has 17 heavy (non-hydrogen) atoms. The minimum absolute atomic E-state index is 0.282. The van der Waals surface area contributed by atoms with Crippen molar-refractivity contribution in [1.29, 1.82) is 0 Å². The molecule has 0 radical (unpaired) electrons. The van der Waals surface area contributed by atoms with Crippen LogP contribution in [0.1, 0.15) is 0 Å². The van der Waals surface area contributed by atoms with Gasteiger partial charge < -0.3 is 10.5 Å². The first-order valence-electron chi connectivity index (χ1n) is 5.46. The van der Waals surface area contributed by atoms with Crippen LogP contribution in [-0.4, -0.2) is 12.1 Å². The molecule has 0 aromatic heterocycles. The molecule has 3 heteroatoms. The zero-order chi connectivity index (χ0) is 12.1. The number of ether oxygens (including phenoxy) is 1. The van der Waals surface area contributed by atoms with E-state index >= 15 is 0 Å². The van der Waals surface area contributed by atoms with Gasteiger partial charge in [-0.25, -0.2) is 0 Å². The zero-order valence-corrected chi connectivity index (χ0v) is 10.1. The molecule has 2 rings (SSSR count). The number of para-hydroxylation sites is 1. The predicted octanol–water partition coefficient (Wildman–Crippen LogP) is 3.26. The number of nitrogens with two attached hydrogens (primary N) is 1. The lowest BCUT2D eigenvalue weighted by Gasteiger charge is -2.14. The van der Waals surface area contributed by atoms with Gasteiger partial charge in [0, 0.05) is 12.1 Å². The molecular weight excluding hydrogens is 234 g/mol. The molecule has 88 valence electrons. The fourth-order valence-electron chi connectivity index (χ4n) is 1.61. The molecule has 0 heterocycles. The van der Waals surface area contributed by atoms with E-state index in [-0.39, 0.29) is 6.54 Å². The van der Waals surface area contributed by atoms with E-state index in [4.69, 9.17) is 22.1 Å². The van der Waals surface area contributed by atoms with Crippen LogP contribution in [0.3, 0.4) is 0 Å². The minimum atomic E-state index is -0.500. The minimum Gasteiger partial charge on any atom is -0.473 e. The normalized spacial score (nSPS) is 12.1. The third-order valence-electron chi connectivity index (χ3n) is 2.41. The van der Waals surface area contributed by atoms with Crippen molar-refractivity contribution in [3.05, 3.63) is 54.6 Å². The van der Waals surface area contributed by atoms with Gasteiger partial charge in [0.2, 0.25) is 0 Å². The molecule has 1 atom stereocenters. The van der Waals surface area contributed by atoms with E-state index in [1.54, 1.807) is 0 Å². The molecule has 2 aromatic carbocycles. The fraction of sp³-hybridized carbons (Fsp3) is 0.143. The second-order valence-electron chi connectivity index (χ2n) is 3.63. The SMILES string of the molecule is NC[C@@H](Cl)Oc1ccccc1-c1ccccc1. The monoisotopic (exact) mass is 247 g/mol. The highest BCUT2D eigenvalue weighted by molar-refractivity contribution is 6.20. The van der Waals surface area contributed by atoms with Crippen LogP contribution in [0.4, 0.5) is 0 Å². The Morgan fingerprint density at radius 2 is 1.65 bits per heavy atom. The molecule has 0 unspecified atom stereocenters. The lowest BCUT2D eigenvalue weighted by molar-refractivity contribution is 0.290. The standard InChI is InChI=1S/C14H14ClNO/c15-14(10-16)17-13-9-5-4-8-12(13)11-6-2-1-3-7-11/h1-9,14H,10,16H2/t14-/m0/s1. The maximum Gasteiger partial charge on any atom is 0.184 e. The second kappa shape index (κ2) is 5.71. The summed E-state index contributed by atoms with van der Waals surface area (Å²) in [4.78, 5) is 0. The summed E-state index contributed by atoms with van der Waals surface area (Å²) >= 11 is 5.91. The van der Waals surface area contributed by atoms with Gasteiger partial charge in [0.05, 0.1) is 0 Å². The Kier molecular flexibility index (Phi) is 4.02. The van der Waals surface area contributed by atoms with Crippen molar-refractivity contribution in [1.82, 2.24) is 0 Å². The van der Waals surface area contributed by atoms with Crippen LogP contribution in [-0.2, 0) is 0 Å². The van der Waals surface area contributed by atoms with Gasteiger partial charge in [-0.1, -0.05) is 60.1 Å². The quantitative estimate of drug-likeness (QED) is 0.842. The van der Waals surface area contributed by atoms with E-state index in [1.165, 1.54) is 0 Å². The van der Waals surface area contributed by atoms with Gasteiger partial charge in [-0.05, 0) is 11.6 Å². The molecule has 0 saturated carbocycles. The first kappa shape index (κ1) is 12.0. The highest BCUT2D eigenvalue weighted by Crippen LogP contribution is 2.30. The number of alkyl halides is 1. The third-order valence-corrected chi connectivity index (χ3v) is 2.68. The largest absolute Gasteiger partial charge is 0.473 e. The van der Waals surface area contributed by atoms with Crippen LogP contribution < -0.4 is 10.5 Å². The van der Waals surface area contributed by atoms with Gasteiger partial charge >= 0.3 is 0 Å². The predicted molar refractivity (Wildman–Crippen MR) is 71.2 cm³/mol. The van der Waals surface area contributed by atoms with Crippen LogP contribution in [0, 0.1) is 0 Å². The van der Waals surface area contributed by atoms with Crippen molar-refractivity contribution in [3.8, 4) is 16.9 Å². The smallest absolute Gasteiger partial charge is 0.184 e. The highest BCUT2D eigenvalue weighted by atomic mass is 35.5. The van der Waals surface area contributed by atoms with E-state index in [2.05, 4.69) is 0 Å². The Bertz CT molecular complexity index is 473. The van der Waals surface area contributed by atoms with Gasteiger partial charge in [-0.3, -0.25) is 0 Å². The lowest BCUT2D eigenvalue weighted by Crippen LogP contribution is -2.20. The van der Waals surface area contributed by atoms with Crippen LogP contribution in [0.15, 0.2) is 54.6 Å². The van der Waals surface area contributed by atoms with Gasteiger partial charge in [-0.15, -0.1) is 0 Å². The summed E-state index contributed by atoms with van der Waals surface area (Å²) in [5, 5.41) is 0. The third kappa shape index (κ3) is 2.99. The number of halogens is 1. The molecule has 2 aromatic rings. The van der Waals surface area contributed by atoms with E-state index in [1.807, 2.05) is 54.6 Å². The van der Waals surface area contributed by atoms with Gasteiger partial charge in [0.15, 0.2) is 5.56 Å². The maximum atomic E-state index is 5.91.